The molecule has 0 atom stereocenters. The summed E-state index contributed by atoms with van der Waals surface area (Å²) in [4.78, 5) is 0. The number of halogens is 5. The summed E-state index contributed by atoms with van der Waals surface area (Å²) in [5.74, 6) is -9.40. The van der Waals surface area contributed by atoms with Gasteiger partial charge in [-0.25, -0.2) is 22.0 Å². The van der Waals surface area contributed by atoms with Gasteiger partial charge in [0.25, 0.3) is 0 Å². The van der Waals surface area contributed by atoms with Crippen LogP contribution in [-0.2, 0) is 5.41 Å². The van der Waals surface area contributed by atoms with E-state index in [1.54, 1.807) is 0 Å². The standard InChI is InChI=1S/C14H17F5/c1-13(2,3)6-14(4,5)7-8(15)10(17)12(19)11(18)9(7)16/h6H2,1-5H3. The maximum atomic E-state index is 13.8. The monoisotopic (exact) mass is 280 g/mol. The van der Waals surface area contributed by atoms with Crippen molar-refractivity contribution < 1.29 is 22.0 Å². The fourth-order valence-electron chi connectivity index (χ4n) is 2.61. The highest BCUT2D eigenvalue weighted by Crippen LogP contribution is 2.40. The first-order valence-electron chi connectivity index (χ1n) is 5.90. The first kappa shape index (κ1) is 15.9. The smallest absolute Gasteiger partial charge is 0.200 e. The summed E-state index contributed by atoms with van der Waals surface area (Å²) in [6.07, 6.45) is 0.276. The molecule has 0 radical (unpaired) electrons. The first-order chi connectivity index (χ1) is 8.38. The lowest BCUT2D eigenvalue weighted by Crippen LogP contribution is -2.28. The minimum absolute atomic E-state index is 0.276. The molecule has 0 spiro atoms. The number of benzene rings is 1. The van der Waals surface area contributed by atoms with Crippen molar-refractivity contribution >= 4 is 0 Å². The van der Waals surface area contributed by atoms with Crippen LogP contribution in [0.2, 0.25) is 0 Å². The van der Waals surface area contributed by atoms with E-state index in [2.05, 4.69) is 0 Å². The summed E-state index contributed by atoms with van der Waals surface area (Å²) in [7, 11) is 0. The van der Waals surface area contributed by atoms with E-state index >= 15 is 0 Å². The minimum Gasteiger partial charge on any atom is -0.203 e. The zero-order valence-corrected chi connectivity index (χ0v) is 11.6. The highest BCUT2D eigenvalue weighted by atomic mass is 19.2. The molecule has 19 heavy (non-hydrogen) atoms. The lowest BCUT2D eigenvalue weighted by molar-refractivity contribution is 0.262. The van der Waals surface area contributed by atoms with Crippen molar-refractivity contribution in [3.63, 3.8) is 0 Å². The van der Waals surface area contributed by atoms with Crippen molar-refractivity contribution in [3.05, 3.63) is 34.6 Å². The zero-order chi connectivity index (χ0) is 15.2. The van der Waals surface area contributed by atoms with Crippen LogP contribution in [0.1, 0.15) is 46.6 Å². The molecule has 1 rings (SSSR count). The Balaban J connectivity index is 3.51. The van der Waals surface area contributed by atoms with Crippen LogP contribution in [0.4, 0.5) is 22.0 Å². The third kappa shape index (κ3) is 3.07. The number of rotatable bonds is 2. The van der Waals surface area contributed by atoms with Crippen molar-refractivity contribution in [2.75, 3.05) is 0 Å². The molecular formula is C14H17F5. The molecule has 1 aromatic carbocycles. The number of hydrogen-bond acceptors (Lipinski definition) is 0. The molecule has 108 valence electrons. The van der Waals surface area contributed by atoms with Gasteiger partial charge in [-0.05, 0) is 17.3 Å². The van der Waals surface area contributed by atoms with E-state index < -0.39 is 40.1 Å². The Kier molecular flexibility index (Phi) is 3.99. The first-order valence-corrected chi connectivity index (χ1v) is 5.90. The molecule has 0 aromatic heterocycles. The topological polar surface area (TPSA) is 0 Å². The van der Waals surface area contributed by atoms with Gasteiger partial charge in [-0.15, -0.1) is 0 Å². The fraction of sp³-hybridized carbons (Fsp3) is 0.571. The Labute approximate surface area is 109 Å². The lowest BCUT2D eigenvalue weighted by Gasteiger charge is -2.33. The molecule has 0 aliphatic carbocycles. The molecule has 0 heterocycles. The molecule has 0 fully saturated rings. The second kappa shape index (κ2) is 4.76. The highest BCUT2D eigenvalue weighted by molar-refractivity contribution is 5.30. The molecule has 0 aliphatic rings. The van der Waals surface area contributed by atoms with Gasteiger partial charge in [-0.3, -0.25) is 0 Å². The summed E-state index contributed by atoms with van der Waals surface area (Å²) in [6.45, 7) is 8.44. The van der Waals surface area contributed by atoms with E-state index in [1.165, 1.54) is 13.8 Å². The SMILES string of the molecule is CC(C)(C)CC(C)(C)c1c(F)c(F)c(F)c(F)c1F. The molecule has 0 bridgehead atoms. The molecule has 0 saturated carbocycles. The second-order valence-corrected chi connectivity index (χ2v) is 6.57. The zero-order valence-electron chi connectivity index (χ0n) is 11.6. The average Bonchev–Trinajstić information content (AvgIpc) is 2.20. The van der Waals surface area contributed by atoms with Crippen LogP contribution in [0.25, 0.3) is 0 Å². The van der Waals surface area contributed by atoms with Crippen LogP contribution in [0, 0.1) is 34.5 Å². The van der Waals surface area contributed by atoms with Gasteiger partial charge in [0, 0.05) is 5.56 Å². The maximum Gasteiger partial charge on any atom is 0.200 e. The maximum absolute atomic E-state index is 13.8. The third-order valence-corrected chi connectivity index (χ3v) is 2.86. The van der Waals surface area contributed by atoms with E-state index in [1.807, 2.05) is 20.8 Å². The van der Waals surface area contributed by atoms with E-state index in [4.69, 9.17) is 0 Å². The third-order valence-electron chi connectivity index (χ3n) is 2.86. The normalized spacial score (nSPS) is 12.9. The largest absolute Gasteiger partial charge is 0.203 e. The molecule has 0 unspecified atom stereocenters. The van der Waals surface area contributed by atoms with Gasteiger partial charge in [0.05, 0.1) is 0 Å². The van der Waals surface area contributed by atoms with Crippen LogP contribution in [0.15, 0.2) is 0 Å². The van der Waals surface area contributed by atoms with E-state index in [0.717, 1.165) is 0 Å². The molecule has 0 amide bonds. The van der Waals surface area contributed by atoms with Gasteiger partial charge in [0.2, 0.25) is 5.82 Å². The van der Waals surface area contributed by atoms with E-state index in [-0.39, 0.29) is 11.8 Å². The molecule has 0 nitrogen and oxygen atoms in total. The van der Waals surface area contributed by atoms with Crippen molar-refractivity contribution in [2.45, 2.75) is 46.5 Å². The molecule has 0 aliphatic heterocycles. The minimum atomic E-state index is -2.12. The molecular weight excluding hydrogens is 263 g/mol. The van der Waals surface area contributed by atoms with Gasteiger partial charge < -0.3 is 0 Å². The molecule has 0 saturated heterocycles. The van der Waals surface area contributed by atoms with Gasteiger partial charge in [0.15, 0.2) is 23.3 Å². The lowest BCUT2D eigenvalue weighted by atomic mass is 9.72. The average molecular weight is 280 g/mol. The van der Waals surface area contributed by atoms with Crippen molar-refractivity contribution in [1.29, 1.82) is 0 Å². The van der Waals surface area contributed by atoms with E-state index in [0.29, 0.717) is 0 Å². The molecule has 1 aromatic rings. The summed E-state index contributed by atoms with van der Waals surface area (Å²) < 4.78 is 66.9. The Bertz CT molecular complexity index is 469. The Morgan fingerprint density at radius 2 is 0.947 bits per heavy atom. The van der Waals surface area contributed by atoms with Crippen LogP contribution < -0.4 is 0 Å². The fourth-order valence-corrected chi connectivity index (χ4v) is 2.61. The van der Waals surface area contributed by atoms with Crippen LogP contribution in [0.5, 0.6) is 0 Å². The Hall–Kier alpha value is -1.13. The van der Waals surface area contributed by atoms with Crippen LogP contribution in [-0.4, -0.2) is 0 Å². The van der Waals surface area contributed by atoms with Crippen molar-refractivity contribution in [1.82, 2.24) is 0 Å². The Morgan fingerprint density at radius 1 is 0.632 bits per heavy atom. The van der Waals surface area contributed by atoms with E-state index in [9.17, 15) is 22.0 Å². The summed E-state index contributed by atoms with van der Waals surface area (Å²) in [5.41, 5.74) is -2.23. The molecule has 0 N–H and O–H groups in total. The Morgan fingerprint density at radius 3 is 1.26 bits per heavy atom. The predicted molar refractivity (Wildman–Crippen MR) is 63.3 cm³/mol. The number of hydrogen-bond donors (Lipinski definition) is 0. The van der Waals surface area contributed by atoms with Crippen LogP contribution in [0.3, 0.4) is 0 Å². The second-order valence-electron chi connectivity index (χ2n) is 6.57. The highest BCUT2D eigenvalue weighted by Gasteiger charge is 2.37. The predicted octanol–water partition coefficient (Wildman–Crippen LogP) is 5.10. The summed E-state index contributed by atoms with van der Waals surface area (Å²) in [5, 5.41) is 0. The van der Waals surface area contributed by atoms with Crippen molar-refractivity contribution in [2.24, 2.45) is 5.41 Å². The quantitative estimate of drug-likeness (QED) is 0.402. The van der Waals surface area contributed by atoms with Gasteiger partial charge >= 0.3 is 0 Å². The van der Waals surface area contributed by atoms with Gasteiger partial charge in [-0.2, -0.15) is 0 Å². The van der Waals surface area contributed by atoms with Crippen molar-refractivity contribution in [3.8, 4) is 0 Å². The van der Waals surface area contributed by atoms with Crippen LogP contribution >= 0.6 is 0 Å². The van der Waals surface area contributed by atoms with Gasteiger partial charge in [-0.1, -0.05) is 34.6 Å². The summed E-state index contributed by atoms with van der Waals surface area (Å²) in [6, 6.07) is 0. The van der Waals surface area contributed by atoms with Gasteiger partial charge in [0.1, 0.15) is 0 Å². The summed E-state index contributed by atoms with van der Waals surface area (Å²) >= 11 is 0. The molecule has 5 heteroatoms.